The highest BCUT2D eigenvalue weighted by Gasteiger charge is 2.45. The number of likely N-dealkylation sites (tertiary alicyclic amines) is 1. The molecule has 0 radical (unpaired) electrons. The van der Waals surface area contributed by atoms with E-state index in [1.807, 2.05) is 4.90 Å². The molecule has 25 heavy (non-hydrogen) atoms. The van der Waals surface area contributed by atoms with Crippen molar-refractivity contribution in [2.45, 2.75) is 50.7 Å². The number of rotatable bonds is 5. The molecule has 5 nitrogen and oxygen atoms in total. The summed E-state index contributed by atoms with van der Waals surface area (Å²) in [6, 6.07) is 6.36. The third-order valence-corrected chi connectivity index (χ3v) is 5.66. The molecule has 0 bridgehead atoms. The molecule has 6 heteroatoms. The molecular weight excluding hydrogens is 321 g/mol. The summed E-state index contributed by atoms with van der Waals surface area (Å²) in [6.45, 7) is 0.383. The molecule has 1 aromatic rings. The van der Waals surface area contributed by atoms with Crippen LogP contribution >= 0.6 is 0 Å². The van der Waals surface area contributed by atoms with E-state index >= 15 is 0 Å². The van der Waals surface area contributed by atoms with Crippen LogP contribution in [0.15, 0.2) is 24.3 Å². The summed E-state index contributed by atoms with van der Waals surface area (Å²) in [4.78, 5) is 28.0. The van der Waals surface area contributed by atoms with Crippen molar-refractivity contribution in [3.05, 3.63) is 35.6 Å². The van der Waals surface area contributed by atoms with Gasteiger partial charge in [-0.05, 0) is 31.2 Å². The number of carbonyl (C=O) groups is 2. The lowest BCUT2D eigenvalue weighted by Gasteiger charge is -2.33. The van der Waals surface area contributed by atoms with E-state index in [4.69, 9.17) is 5.73 Å². The Morgan fingerprint density at radius 3 is 2.72 bits per heavy atom. The molecule has 1 aliphatic carbocycles. The van der Waals surface area contributed by atoms with E-state index in [0.717, 1.165) is 25.7 Å². The number of hydrogen-bond acceptors (Lipinski definition) is 3. The molecule has 1 aromatic carbocycles. The number of primary amides is 1. The predicted molar refractivity (Wildman–Crippen MR) is 92.9 cm³/mol. The van der Waals surface area contributed by atoms with E-state index in [1.165, 1.54) is 17.4 Å². The second-order valence-electron chi connectivity index (χ2n) is 7.28. The Labute approximate surface area is 148 Å². The first kappa shape index (κ1) is 17.9. The van der Waals surface area contributed by atoms with E-state index in [0.29, 0.717) is 11.5 Å². The van der Waals surface area contributed by atoms with Gasteiger partial charge in [0.15, 0.2) is 0 Å². The number of likely N-dealkylation sites (N-methyl/N-ethyl adjacent to an activating group) is 1. The van der Waals surface area contributed by atoms with E-state index in [1.54, 1.807) is 25.2 Å². The van der Waals surface area contributed by atoms with Gasteiger partial charge in [-0.25, -0.2) is 4.39 Å². The average molecular weight is 347 g/mol. The van der Waals surface area contributed by atoms with Crippen LogP contribution in [0.5, 0.6) is 0 Å². The molecule has 1 saturated heterocycles. The van der Waals surface area contributed by atoms with Gasteiger partial charge in [-0.3, -0.25) is 14.5 Å². The van der Waals surface area contributed by atoms with Gasteiger partial charge >= 0.3 is 0 Å². The van der Waals surface area contributed by atoms with Crippen molar-refractivity contribution in [3.8, 4) is 0 Å². The van der Waals surface area contributed by atoms with Crippen LogP contribution in [0.2, 0.25) is 0 Å². The summed E-state index contributed by atoms with van der Waals surface area (Å²) in [7, 11) is 1.67. The molecule has 1 heterocycles. The molecule has 0 spiro atoms. The second-order valence-corrected chi connectivity index (χ2v) is 7.28. The highest BCUT2D eigenvalue weighted by Crippen LogP contribution is 2.39. The fourth-order valence-electron chi connectivity index (χ4n) is 4.31. The van der Waals surface area contributed by atoms with Gasteiger partial charge in [-0.2, -0.15) is 0 Å². The highest BCUT2D eigenvalue weighted by atomic mass is 19.1. The monoisotopic (exact) mass is 347 g/mol. The Kier molecular flexibility index (Phi) is 5.37. The number of nitrogens with zero attached hydrogens (tertiary/aromatic N) is 2. The Balaban J connectivity index is 1.67. The van der Waals surface area contributed by atoms with Crippen LogP contribution in [0.1, 0.15) is 37.7 Å². The molecule has 3 rings (SSSR count). The highest BCUT2D eigenvalue weighted by molar-refractivity contribution is 5.83. The molecule has 2 fully saturated rings. The minimum absolute atomic E-state index is 0.110. The van der Waals surface area contributed by atoms with Crippen LogP contribution in [0, 0.1) is 11.7 Å². The van der Waals surface area contributed by atoms with Crippen molar-refractivity contribution in [1.29, 1.82) is 0 Å². The zero-order valence-electron chi connectivity index (χ0n) is 14.7. The van der Waals surface area contributed by atoms with E-state index in [9.17, 15) is 14.0 Å². The van der Waals surface area contributed by atoms with Gasteiger partial charge in [0, 0.05) is 25.2 Å². The summed E-state index contributed by atoms with van der Waals surface area (Å²) in [5.74, 6) is -0.318. The number of carbonyl (C=O) groups excluding carboxylic acids is 2. The van der Waals surface area contributed by atoms with Crippen molar-refractivity contribution < 1.29 is 14.0 Å². The molecule has 3 atom stereocenters. The first-order chi connectivity index (χ1) is 12.0. The van der Waals surface area contributed by atoms with Crippen LogP contribution in [-0.4, -0.2) is 47.3 Å². The molecule has 136 valence electrons. The lowest BCUT2D eigenvalue weighted by molar-refractivity contribution is -0.133. The van der Waals surface area contributed by atoms with Gasteiger partial charge in [0.05, 0.1) is 12.6 Å². The topological polar surface area (TPSA) is 66.6 Å². The number of halogens is 1. The zero-order chi connectivity index (χ0) is 18.0. The van der Waals surface area contributed by atoms with E-state index in [-0.39, 0.29) is 42.8 Å². The SMILES string of the molecule is CN(Cc1ccccc1F)C(=O)CN1[C@H](C(N)=O)C[C@@H]2CCCC[C@@H]21. The van der Waals surface area contributed by atoms with Crippen LogP contribution in [0.25, 0.3) is 0 Å². The van der Waals surface area contributed by atoms with Gasteiger partial charge in [-0.15, -0.1) is 0 Å². The fraction of sp³-hybridized carbons (Fsp3) is 0.579. The van der Waals surface area contributed by atoms with Crippen LogP contribution in [0.4, 0.5) is 4.39 Å². The third kappa shape index (κ3) is 3.84. The van der Waals surface area contributed by atoms with Crippen molar-refractivity contribution in [2.24, 2.45) is 11.7 Å². The summed E-state index contributed by atoms with van der Waals surface area (Å²) in [5, 5.41) is 0. The minimum Gasteiger partial charge on any atom is -0.368 e. The number of benzene rings is 1. The number of hydrogen-bond donors (Lipinski definition) is 1. The summed E-state index contributed by atoms with van der Waals surface area (Å²) in [6.07, 6.45) is 5.18. The third-order valence-electron chi connectivity index (χ3n) is 5.66. The summed E-state index contributed by atoms with van der Waals surface area (Å²) < 4.78 is 13.8. The molecule has 1 aliphatic heterocycles. The van der Waals surface area contributed by atoms with Crippen LogP contribution < -0.4 is 5.73 Å². The lowest BCUT2D eigenvalue weighted by Crippen LogP contribution is -2.49. The lowest BCUT2D eigenvalue weighted by atomic mass is 9.84. The normalized spacial score (nSPS) is 26.2. The van der Waals surface area contributed by atoms with Crippen LogP contribution in [-0.2, 0) is 16.1 Å². The number of amides is 2. The molecule has 0 aromatic heterocycles. The van der Waals surface area contributed by atoms with Gasteiger partial charge in [-0.1, -0.05) is 31.0 Å². The fourth-order valence-corrected chi connectivity index (χ4v) is 4.31. The smallest absolute Gasteiger partial charge is 0.236 e. The minimum atomic E-state index is -0.362. The molecular formula is C19H26FN3O2. The van der Waals surface area contributed by atoms with Gasteiger partial charge in [0.2, 0.25) is 11.8 Å². The quantitative estimate of drug-likeness (QED) is 0.885. The Morgan fingerprint density at radius 2 is 2.00 bits per heavy atom. The molecule has 2 amide bonds. The average Bonchev–Trinajstić information content (AvgIpc) is 2.96. The molecule has 2 aliphatic rings. The van der Waals surface area contributed by atoms with Gasteiger partial charge in [0.25, 0.3) is 0 Å². The Bertz CT molecular complexity index is 651. The van der Waals surface area contributed by atoms with Crippen molar-refractivity contribution in [1.82, 2.24) is 9.80 Å². The van der Waals surface area contributed by atoms with Crippen LogP contribution in [0.3, 0.4) is 0 Å². The van der Waals surface area contributed by atoms with E-state index in [2.05, 4.69) is 0 Å². The molecule has 0 unspecified atom stereocenters. The maximum atomic E-state index is 13.8. The van der Waals surface area contributed by atoms with E-state index < -0.39 is 0 Å². The largest absolute Gasteiger partial charge is 0.368 e. The maximum absolute atomic E-state index is 13.8. The first-order valence-electron chi connectivity index (χ1n) is 9.00. The van der Waals surface area contributed by atoms with Crippen molar-refractivity contribution in [3.63, 3.8) is 0 Å². The Hall–Kier alpha value is -1.95. The van der Waals surface area contributed by atoms with Gasteiger partial charge in [0.1, 0.15) is 5.82 Å². The number of nitrogens with two attached hydrogens (primary N) is 1. The predicted octanol–water partition coefficient (Wildman–Crippen LogP) is 1.90. The standard InChI is InChI=1S/C19H26FN3O2/c1-22(11-14-7-2-4-8-15(14)20)18(24)12-23-16-9-5-3-6-13(16)10-17(23)19(21)25/h2,4,7-8,13,16-17H,3,5-6,9-12H2,1H3,(H2,21,25)/t13-,16-,17-/m0/s1. The summed E-state index contributed by atoms with van der Waals surface area (Å²) >= 11 is 0. The second kappa shape index (κ2) is 7.52. The number of fused-ring (bicyclic) bond motifs is 1. The first-order valence-corrected chi connectivity index (χ1v) is 9.00. The molecule has 1 saturated carbocycles. The Morgan fingerprint density at radius 1 is 1.28 bits per heavy atom. The molecule has 2 N–H and O–H groups in total. The van der Waals surface area contributed by atoms with Crippen molar-refractivity contribution in [2.75, 3.05) is 13.6 Å². The van der Waals surface area contributed by atoms with Gasteiger partial charge < -0.3 is 10.6 Å². The zero-order valence-corrected chi connectivity index (χ0v) is 14.7. The summed E-state index contributed by atoms with van der Waals surface area (Å²) in [5.41, 5.74) is 6.07. The van der Waals surface area contributed by atoms with Crippen molar-refractivity contribution >= 4 is 11.8 Å². The maximum Gasteiger partial charge on any atom is 0.236 e.